The molecule has 1 heterocycles. The van der Waals surface area contributed by atoms with Gasteiger partial charge in [-0.2, -0.15) is 5.26 Å². The van der Waals surface area contributed by atoms with E-state index in [1.807, 2.05) is 17.5 Å². The third-order valence-corrected chi connectivity index (χ3v) is 4.59. The van der Waals surface area contributed by atoms with Crippen molar-refractivity contribution in [3.05, 3.63) is 58.8 Å². The van der Waals surface area contributed by atoms with Crippen LogP contribution >= 0.6 is 23.1 Å². The van der Waals surface area contributed by atoms with E-state index in [0.717, 1.165) is 9.77 Å². The molecule has 0 amide bonds. The molecule has 0 fully saturated rings. The zero-order valence-electron chi connectivity index (χ0n) is 9.46. The van der Waals surface area contributed by atoms with Crippen LogP contribution in [0.4, 0.5) is 0 Å². The molecule has 0 saturated heterocycles. The first kappa shape index (κ1) is 11.3. The molecule has 2 aromatic carbocycles. The summed E-state index contributed by atoms with van der Waals surface area (Å²) in [5.41, 5.74) is 0. The summed E-state index contributed by atoms with van der Waals surface area (Å²) in [5, 5.41) is 13.3. The van der Waals surface area contributed by atoms with E-state index in [9.17, 15) is 0 Å². The summed E-state index contributed by atoms with van der Waals surface area (Å²) >= 11 is 3.19. The highest BCUT2D eigenvalue weighted by Crippen LogP contribution is 2.32. The van der Waals surface area contributed by atoms with Crippen LogP contribution in [0.1, 0.15) is 4.88 Å². The summed E-state index contributed by atoms with van der Waals surface area (Å²) in [6.07, 6.45) is 0. The molecule has 86 valence electrons. The van der Waals surface area contributed by atoms with E-state index in [2.05, 4.69) is 42.5 Å². The first-order valence-corrected chi connectivity index (χ1v) is 7.20. The molecule has 18 heavy (non-hydrogen) atoms. The fourth-order valence-electron chi connectivity index (χ4n) is 1.80. The molecule has 0 atom stereocenters. The van der Waals surface area contributed by atoms with Crippen molar-refractivity contribution in [2.75, 3.05) is 0 Å². The van der Waals surface area contributed by atoms with Crippen molar-refractivity contribution in [1.29, 1.82) is 5.26 Å². The second kappa shape index (κ2) is 4.85. The number of benzene rings is 2. The van der Waals surface area contributed by atoms with E-state index in [4.69, 9.17) is 5.26 Å². The molecule has 1 aromatic heterocycles. The van der Waals surface area contributed by atoms with Crippen molar-refractivity contribution in [3.8, 4) is 6.07 Å². The van der Waals surface area contributed by atoms with Crippen LogP contribution < -0.4 is 0 Å². The van der Waals surface area contributed by atoms with Gasteiger partial charge in [0.15, 0.2) is 0 Å². The van der Waals surface area contributed by atoms with Crippen LogP contribution in [0.25, 0.3) is 10.8 Å². The average Bonchev–Trinajstić information content (AvgIpc) is 2.86. The SMILES string of the molecule is N#Cc1cc(Sc2ccc3ccccc3c2)cs1. The second-order valence-corrected chi connectivity index (χ2v) is 5.93. The number of nitrogens with zero attached hydrogens (tertiary/aromatic N) is 1. The van der Waals surface area contributed by atoms with Crippen molar-refractivity contribution in [2.45, 2.75) is 9.79 Å². The molecule has 1 nitrogen and oxygen atoms in total. The Morgan fingerprint density at radius 2 is 1.78 bits per heavy atom. The highest BCUT2D eigenvalue weighted by Gasteiger charge is 2.02. The van der Waals surface area contributed by atoms with E-state index < -0.39 is 0 Å². The van der Waals surface area contributed by atoms with Gasteiger partial charge < -0.3 is 0 Å². The normalized spacial score (nSPS) is 10.4. The predicted octanol–water partition coefficient (Wildman–Crippen LogP) is 4.92. The van der Waals surface area contributed by atoms with Gasteiger partial charge in [-0.3, -0.25) is 0 Å². The summed E-state index contributed by atoms with van der Waals surface area (Å²) in [6, 6.07) is 18.9. The number of hydrogen-bond donors (Lipinski definition) is 0. The predicted molar refractivity (Wildman–Crippen MR) is 77.1 cm³/mol. The van der Waals surface area contributed by atoms with Crippen LogP contribution in [0.2, 0.25) is 0 Å². The maximum absolute atomic E-state index is 8.81. The minimum Gasteiger partial charge on any atom is -0.192 e. The average molecular weight is 267 g/mol. The summed E-state index contributed by atoms with van der Waals surface area (Å²) < 4.78 is 0. The second-order valence-electron chi connectivity index (χ2n) is 3.87. The molecule has 0 radical (unpaired) electrons. The van der Waals surface area contributed by atoms with Gasteiger partial charge in [-0.15, -0.1) is 11.3 Å². The van der Waals surface area contributed by atoms with Crippen molar-refractivity contribution in [3.63, 3.8) is 0 Å². The first-order valence-electron chi connectivity index (χ1n) is 5.50. The van der Waals surface area contributed by atoms with Crippen molar-refractivity contribution in [1.82, 2.24) is 0 Å². The standard InChI is InChI=1S/C15H9NS2/c16-9-14-8-15(10-17-14)18-13-6-5-11-3-1-2-4-12(11)7-13/h1-8,10H. The molecule has 0 bridgehead atoms. The number of nitriles is 1. The van der Waals surface area contributed by atoms with Gasteiger partial charge in [-0.25, -0.2) is 0 Å². The summed E-state index contributed by atoms with van der Waals surface area (Å²) in [7, 11) is 0. The smallest absolute Gasteiger partial charge is 0.110 e. The maximum Gasteiger partial charge on any atom is 0.110 e. The van der Waals surface area contributed by atoms with E-state index in [1.54, 1.807) is 11.8 Å². The van der Waals surface area contributed by atoms with Crippen LogP contribution in [-0.2, 0) is 0 Å². The Morgan fingerprint density at radius 3 is 2.56 bits per heavy atom. The largest absolute Gasteiger partial charge is 0.192 e. The minimum atomic E-state index is 0.762. The lowest BCUT2D eigenvalue weighted by Gasteiger charge is -2.01. The molecule has 3 aromatic rings. The summed E-state index contributed by atoms with van der Waals surface area (Å²) in [6.45, 7) is 0. The van der Waals surface area contributed by atoms with Gasteiger partial charge >= 0.3 is 0 Å². The zero-order chi connectivity index (χ0) is 12.4. The lowest BCUT2D eigenvalue weighted by molar-refractivity contribution is 1.46. The van der Waals surface area contributed by atoms with E-state index in [0.29, 0.717) is 0 Å². The number of rotatable bonds is 2. The zero-order valence-corrected chi connectivity index (χ0v) is 11.1. The minimum absolute atomic E-state index is 0.762. The molecule has 3 heteroatoms. The van der Waals surface area contributed by atoms with E-state index >= 15 is 0 Å². The monoisotopic (exact) mass is 267 g/mol. The van der Waals surface area contributed by atoms with Crippen LogP contribution in [0.15, 0.2) is 63.7 Å². The van der Waals surface area contributed by atoms with Gasteiger partial charge in [0.1, 0.15) is 10.9 Å². The Hall–Kier alpha value is -1.76. The molecule has 0 saturated carbocycles. The van der Waals surface area contributed by atoms with Gasteiger partial charge in [-0.1, -0.05) is 42.1 Å². The number of hydrogen-bond acceptors (Lipinski definition) is 3. The molecular formula is C15H9NS2. The molecule has 0 unspecified atom stereocenters. The lowest BCUT2D eigenvalue weighted by Crippen LogP contribution is -1.74. The molecule has 0 spiro atoms. The van der Waals surface area contributed by atoms with Gasteiger partial charge in [-0.05, 0) is 29.0 Å². The van der Waals surface area contributed by atoms with Gasteiger partial charge in [0.2, 0.25) is 0 Å². The molecule has 0 aliphatic rings. The highest BCUT2D eigenvalue weighted by atomic mass is 32.2. The quantitative estimate of drug-likeness (QED) is 0.657. The van der Waals surface area contributed by atoms with E-state index in [-0.39, 0.29) is 0 Å². The fraction of sp³-hybridized carbons (Fsp3) is 0. The molecule has 0 N–H and O–H groups in total. The van der Waals surface area contributed by atoms with Crippen molar-refractivity contribution in [2.24, 2.45) is 0 Å². The topological polar surface area (TPSA) is 23.8 Å². The Bertz CT molecular complexity index is 737. The molecule has 0 aliphatic heterocycles. The summed E-state index contributed by atoms with van der Waals surface area (Å²) in [4.78, 5) is 3.10. The van der Waals surface area contributed by atoms with E-state index in [1.165, 1.54) is 27.0 Å². The van der Waals surface area contributed by atoms with Crippen LogP contribution in [0, 0.1) is 11.3 Å². The Balaban J connectivity index is 1.93. The highest BCUT2D eigenvalue weighted by molar-refractivity contribution is 7.99. The first-order chi connectivity index (χ1) is 8.85. The molecular weight excluding hydrogens is 258 g/mol. The van der Waals surface area contributed by atoms with Gasteiger partial charge in [0.25, 0.3) is 0 Å². The number of fused-ring (bicyclic) bond motifs is 1. The number of thiophene rings is 1. The van der Waals surface area contributed by atoms with Crippen LogP contribution in [-0.4, -0.2) is 0 Å². The Morgan fingerprint density at radius 1 is 0.944 bits per heavy atom. The van der Waals surface area contributed by atoms with Crippen LogP contribution in [0.3, 0.4) is 0 Å². The molecule has 0 aliphatic carbocycles. The maximum atomic E-state index is 8.81. The lowest BCUT2D eigenvalue weighted by atomic mass is 10.1. The third kappa shape index (κ3) is 2.26. The Labute approximate surface area is 114 Å². The van der Waals surface area contributed by atoms with Gasteiger partial charge in [0.05, 0.1) is 0 Å². The molecule has 3 rings (SSSR count). The van der Waals surface area contributed by atoms with Crippen LogP contribution in [0.5, 0.6) is 0 Å². The summed E-state index contributed by atoms with van der Waals surface area (Å²) in [5.74, 6) is 0. The van der Waals surface area contributed by atoms with Gasteiger partial charge in [0, 0.05) is 15.2 Å². The fourth-order valence-corrected chi connectivity index (χ4v) is 3.54. The Kier molecular flexibility index (Phi) is 3.06. The van der Waals surface area contributed by atoms with Crippen molar-refractivity contribution >= 4 is 33.9 Å². The van der Waals surface area contributed by atoms with Crippen molar-refractivity contribution < 1.29 is 0 Å². The third-order valence-electron chi connectivity index (χ3n) is 2.64.